The molecule has 0 aliphatic rings. The minimum Gasteiger partial charge on any atom is -0.329 e. The maximum atomic E-state index is 12.7. The number of benzene rings is 2. The van der Waals surface area contributed by atoms with Gasteiger partial charge in [-0.05, 0) is 24.3 Å². The molecule has 3 aromatic heterocycles. The lowest BCUT2D eigenvalue weighted by molar-refractivity contribution is 0.920. The second-order valence-electron chi connectivity index (χ2n) is 6.15. The molecule has 0 spiro atoms. The van der Waals surface area contributed by atoms with Gasteiger partial charge in [-0.2, -0.15) is 4.98 Å². The van der Waals surface area contributed by atoms with Crippen LogP contribution in [0, 0.1) is 0 Å². The molecule has 5 rings (SSSR count). The Bertz CT molecular complexity index is 1340. The van der Waals surface area contributed by atoms with Gasteiger partial charge in [0.2, 0.25) is 0 Å². The third-order valence-corrected chi connectivity index (χ3v) is 4.75. The minimum atomic E-state index is -0.295. The van der Waals surface area contributed by atoms with Crippen LogP contribution in [0.3, 0.4) is 0 Å². The normalized spacial score (nSPS) is 11.8. The van der Waals surface area contributed by atoms with Crippen molar-refractivity contribution in [3.05, 3.63) is 65.1 Å². The number of imidazole rings is 2. The fraction of sp³-hybridized carbons (Fsp3) is 0.105. The van der Waals surface area contributed by atoms with Crippen molar-refractivity contribution in [2.45, 2.75) is 0 Å². The van der Waals surface area contributed by atoms with Crippen LogP contribution in [0.1, 0.15) is 0 Å². The average Bonchev–Trinajstić information content (AvgIpc) is 3.12. The lowest BCUT2D eigenvalue weighted by Crippen LogP contribution is -2.17. The summed E-state index contributed by atoms with van der Waals surface area (Å²) in [7, 11) is 3.89. The number of aromatic nitrogens is 5. The van der Waals surface area contributed by atoms with E-state index in [9.17, 15) is 4.79 Å². The molecule has 25 heavy (non-hydrogen) atoms. The molecule has 0 saturated heterocycles. The Morgan fingerprint density at radius 3 is 2.24 bits per heavy atom. The molecule has 0 atom stereocenters. The molecular weight excluding hydrogens is 314 g/mol. The van der Waals surface area contributed by atoms with Gasteiger partial charge in [0.15, 0.2) is 5.82 Å². The topological polar surface area (TPSA) is 57.1 Å². The van der Waals surface area contributed by atoms with Crippen molar-refractivity contribution < 1.29 is 0 Å². The van der Waals surface area contributed by atoms with E-state index < -0.39 is 0 Å². The molecule has 0 aliphatic heterocycles. The van der Waals surface area contributed by atoms with Crippen LogP contribution in [-0.4, -0.2) is 23.5 Å². The summed E-state index contributed by atoms with van der Waals surface area (Å²) in [6.07, 6.45) is 0. The number of fused-ring (bicyclic) bond motifs is 4. The van der Waals surface area contributed by atoms with Gasteiger partial charge in [0.1, 0.15) is 11.3 Å². The molecule has 0 bridgehead atoms. The molecule has 2 aromatic carbocycles. The van der Waals surface area contributed by atoms with Crippen molar-refractivity contribution in [1.82, 2.24) is 23.5 Å². The van der Waals surface area contributed by atoms with E-state index >= 15 is 0 Å². The number of hydrogen-bond acceptors (Lipinski definition) is 3. The summed E-state index contributed by atoms with van der Waals surface area (Å²) in [6, 6.07) is 17.6. The number of para-hydroxylation sites is 4. The maximum absolute atomic E-state index is 12.7. The Hall–Kier alpha value is -3.41. The Kier molecular flexibility index (Phi) is 2.68. The van der Waals surface area contributed by atoms with Crippen LogP contribution < -0.4 is 5.69 Å². The first-order chi connectivity index (χ1) is 12.1. The maximum Gasteiger partial charge on any atom is 0.354 e. The molecule has 0 unspecified atom stereocenters. The minimum absolute atomic E-state index is 0.295. The van der Waals surface area contributed by atoms with Crippen molar-refractivity contribution in [1.29, 1.82) is 0 Å². The monoisotopic (exact) mass is 329 g/mol. The first-order valence-electron chi connectivity index (χ1n) is 8.04. The first kappa shape index (κ1) is 14.0. The molecule has 5 aromatic rings. The summed E-state index contributed by atoms with van der Waals surface area (Å²) < 4.78 is 5.61. The van der Waals surface area contributed by atoms with Crippen LogP contribution in [0.5, 0.6) is 0 Å². The van der Waals surface area contributed by atoms with Crippen LogP contribution in [0.2, 0.25) is 0 Å². The van der Waals surface area contributed by atoms with Crippen LogP contribution >= 0.6 is 0 Å². The predicted molar refractivity (Wildman–Crippen MR) is 97.6 cm³/mol. The molecule has 0 fully saturated rings. The van der Waals surface area contributed by atoms with Crippen molar-refractivity contribution in [2.24, 2.45) is 14.1 Å². The van der Waals surface area contributed by atoms with E-state index in [0.717, 1.165) is 27.7 Å². The largest absolute Gasteiger partial charge is 0.354 e. The summed E-state index contributed by atoms with van der Waals surface area (Å²) in [5, 5.41) is 0. The second kappa shape index (κ2) is 4.80. The quantitative estimate of drug-likeness (QED) is 0.475. The van der Waals surface area contributed by atoms with Gasteiger partial charge >= 0.3 is 5.69 Å². The van der Waals surface area contributed by atoms with Gasteiger partial charge in [-0.1, -0.05) is 24.3 Å². The summed E-state index contributed by atoms with van der Waals surface area (Å²) in [5.74, 6) is 0.686. The highest BCUT2D eigenvalue weighted by atomic mass is 16.1. The number of rotatable bonds is 1. The number of hydrogen-bond donors (Lipinski definition) is 0. The van der Waals surface area contributed by atoms with E-state index in [1.807, 2.05) is 77.8 Å². The molecule has 0 aliphatic carbocycles. The Morgan fingerprint density at radius 1 is 0.800 bits per heavy atom. The SMILES string of the molecule is Cn1c(-c2cc3n(C)c4ccccc4n3c(=O)n2)nc2ccccc21. The molecule has 122 valence electrons. The van der Waals surface area contributed by atoms with Gasteiger partial charge in [0.05, 0.1) is 22.1 Å². The summed E-state index contributed by atoms with van der Waals surface area (Å²) in [5.41, 5.74) is 4.82. The van der Waals surface area contributed by atoms with E-state index in [2.05, 4.69) is 9.97 Å². The second-order valence-corrected chi connectivity index (χ2v) is 6.15. The average molecular weight is 329 g/mol. The third kappa shape index (κ3) is 1.82. The number of aryl methyl sites for hydroxylation is 2. The third-order valence-electron chi connectivity index (χ3n) is 4.75. The zero-order valence-electron chi connectivity index (χ0n) is 13.8. The van der Waals surface area contributed by atoms with E-state index in [1.54, 1.807) is 4.40 Å². The first-order valence-corrected chi connectivity index (χ1v) is 8.04. The molecule has 0 N–H and O–H groups in total. The van der Waals surface area contributed by atoms with E-state index in [0.29, 0.717) is 11.5 Å². The molecule has 0 radical (unpaired) electrons. The summed E-state index contributed by atoms with van der Waals surface area (Å²) in [6.45, 7) is 0. The van der Waals surface area contributed by atoms with Gasteiger partial charge in [-0.15, -0.1) is 0 Å². The highest BCUT2D eigenvalue weighted by Crippen LogP contribution is 2.24. The fourth-order valence-corrected chi connectivity index (χ4v) is 3.49. The Labute approximate surface area is 142 Å². The van der Waals surface area contributed by atoms with Crippen LogP contribution in [0.4, 0.5) is 0 Å². The molecular formula is C19H15N5O. The Morgan fingerprint density at radius 2 is 1.48 bits per heavy atom. The highest BCUT2D eigenvalue weighted by molar-refractivity contribution is 5.83. The van der Waals surface area contributed by atoms with Gasteiger partial charge in [0, 0.05) is 20.2 Å². The summed E-state index contributed by atoms with van der Waals surface area (Å²) in [4.78, 5) is 21.7. The molecule has 0 saturated carbocycles. The van der Waals surface area contributed by atoms with Crippen LogP contribution in [0.15, 0.2) is 59.4 Å². The number of nitrogens with zero attached hydrogens (tertiary/aromatic N) is 5. The van der Waals surface area contributed by atoms with Crippen molar-refractivity contribution in [3.8, 4) is 11.5 Å². The smallest absolute Gasteiger partial charge is 0.329 e. The lowest BCUT2D eigenvalue weighted by atomic mass is 10.3. The zero-order valence-corrected chi connectivity index (χ0v) is 13.8. The summed E-state index contributed by atoms with van der Waals surface area (Å²) >= 11 is 0. The van der Waals surface area contributed by atoms with E-state index in [4.69, 9.17) is 0 Å². The molecule has 3 heterocycles. The fourth-order valence-electron chi connectivity index (χ4n) is 3.49. The lowest BCUT2D eigenvalue weighted by Gasteiger charge is -2.03. The van der Waals surface area contributed by atoms with Gasteiger partial charge in [0.25, 0.3) is 0 Å². The van der Waals surface area contributed by atoms with Crippen molar-refractivity contribution in [3.63, 3.8) is 0 Å². The zero-order chi connectivity index (χ0) is 17.1. The van der Waals surface area contributed by atoms with Crippen molar-refractivity contribution >= 4 is 27.7 Å². The Balaban J connectivity index is 1.88. The highest BCUT2D eigenvalue weighted by Gasteiger charge is 2.16. The van der Waals surface area contributed by atoms with Gasteiger partial charge in [-0.3, -0.25) is 0 Å². The van der Waals surface area contributed by atoms with E-state index in [1.165, 1.54) is 0 Å². The van der Waals surface area contributed by atoms with Crippen LogP contribution in [-0.2, 0) is 14.1 Å². The van der Waals surface area contributed by atoms with Gasteiger partial charge < -0.3 is 9.13 Å². The van der Waals surface area contributed by atoms with E-state index in [-0.39, 0.29) is 5.69 Å². The van der Waals surface area contributed by atoms with Gasteiger partial charge in [-0.25, -0.2) is 14.2 Å². The van der Waals surface area contributed by atoms with Crippen molar-refractivity contribution in [2.75, 3.05) is 0 Å². The van der Waals surface area contributed by atoms with Crippen LogP contribution in [0.25, 0.3) is 39.2 Å². The standard InChI is InChI=1S/C19H15N5O/c1-22-15-9-5-6-10-16(15)24-17(22)11-13(21-19(24)25)18-20-12-7-3-4-8-14(12)23(18)2/h3-11H,1-2H3. The molecule has 6 nitrogen and oxygen atoms in total. The molecule has 6 heteroatoms. The molecule has 0 amide bonds. The predicted octanol–water partition coefficient (Wildman–Crippen LogP) is 2.74.